The summed E-state index contributed by atoms with van der Waals surface area (Å²) in [6.07, 6.45) is 4.04. The van der Waals surface area contributed by atoms with Crippen molar-refractivity contribution in [1.29, 1.82) is 0 Å². The lowest BCUT2D eigenvalue weighted by Crippen LogP contribution is -2.72. The number of likely N-dealkylation sites (tertiary alicyclic amines) is 1. The molecule has 7 heteroatoms. The first-order valence-corrected chi connectivity index (χ1v) is 9.65. The Morgan fingerprint density at radius 2 is 1.96 bits per heavy atom. The molecule has 0 bridgehead atoms. The number of aliphatic hydroxyl groups is 1. The number of aliphatic hydroxyl groups excluding tert-OH is 1. The van der Waals surface area contributed by atoms with Crippen molar-refractivity contribution in [3.8, 4) is 0 Å². The molecule has 3 atom stereocenters. The molecule has 4 rings (SSSR count). The average Bonchev–Trinajstić information content (AvgIpc) is 2.72. The molecule has 0 saturated carbocycles. The van der Waals surface area contributed by atoms with E-state index < -0.39 is 0 Å². The number of amides is 3. The Labute approximate surface area is 164 Å². The number of carbonyl (C=O) groups is 2. The van der Waals surface area contributed by atoms with Crippen molar-refractivity contribution in [2.24, 2.45) is 0 Å². The van der Waals surface area contributed by atoms with Gasteiger partial charge in [0.05, 0.1) is 18.7 Å². The maximum Gasteiger partial charge on any atom is 0.318 e. The smallest absolute Gasteiger partial charge is 0.318 e. The summed E-state index contributed by atoms with van der Waals surface area (Å²) in [6, 6.07) is 10.5. The molecule has 1 aromatic carbocycles. The maximum atomic E-state index is 13.2. The van der Waals surface area contributed by atoms with Crippen LogP contribution in [-0.2, 0) is 0 Å². The zero-order valence-electron chi connectivity index (χ0n) is 15.8. The van der Waals surface area contributed by atoms with Crippen LogP contribution >= 0.6 is 0 Å². The quantitative estimate of drug-likeness (QED) is 0.849. The van der Waals surface area contributed by atoms with E-state index in [4.69, 9.17) is 0 Å². The number of rotatable bonds is 4. The van der Waals surface area contributed by atoms with Gasteiger partial charge in [0.1, 0.15) is 0 Å². The van der Waals surface area contributed by atoms with E-state index in [0.717, 1.165) is 17.7 Å². The number of nitrogens with zero attached hydrogens (tertiary/aromatic N) is 3. The third-order valence-corrected chi connectivity index (χ3v) is 5.62. The summed E-state index contributed by atoms with van der Waals surface area (Å²) in [5.41, 5.74) is 2.40. The lowest BCUT2D eigenvalue weighted by Gasteiger charge is -2.58. The Hall–Kier alpha value is -2.93. The topological polar surface area (TPSA) is 85.8 Å². The number of para-hydroxylation sites is 1. The molecule has 3 amide bonds. The van der Waals surface area contributed by atoms with Gasteiger partial charge in [0.2, 0.25) is 0 Å². The van der Waals surface area contributed by atoms with Crippen LogP contribution in [0.2, 0.25) is 0 Å². The van der Waals surface area contributed by atoms with Gasteiger partial charge in [-0.15, -0.1) is 0 Å². The lowest BCUT2D eigenvalue weighted by atomic mass is 9.72. The van der Waals surface area contributed by atoms with E-state index in [1.807, 2.05) is 31.2 Å². The minimum absolute atomic E-state index is 0.0232. The fourth-order valence-corrected chi connectivity index (χ4v) is 4.33. The molecule has 146 valence electrons. The molecule has 28 heavy (non-hydrogen) atoms. The number of nitrogens with one attached hydrogen (secondary N) is 1. The van der Waals surface area contributed by atoms with Crippen molar-refractivity contribution in [2.45, 2.75) is 31.3 Å². The number of benzene rings is 1. The lowest BCUT2D eigenvalue weighted by molar-refractivity contribution is -0.00750. The maximum absolute atomic E-state index is 13.2. The number of hydrogen-bond donors (Lipinski definition) is 2. The van der Waals surface area contributed by atoms with Crippen molar-refractivity contribution < 1.29 is 14.7 Å². The highest BCUT2D eigenvalue weighted by molar-refractivity contribution is 6.07. The molecule has 1 saturated heterocycles. The van der Waals surface area contributed by atoms with Gasteiger partial charge in [-0.05, 0) is 30.2 Å². The molecule has 7 nitrogen and oxygen atoms in total. The molecule has 1 fully saturated rings. The van der Waals surface area contributed by atoms with Crippen LogP contribution in [0.4, 0.5) is 10.5 Å². The summed E-state index contributed by atoms with van der Waals surface area (Å²) < 4.78 is 0. The van der Waals surface area contributed by atoms with E-state index in [1.165, 1.54) is 0 Å². The third-order valence-electron chi connectivity index (χ3n) is 5.62. The summed E-state index contributed by atoms with van der Waals surface area (Å²) in [5, 5.41) is 12.8. The Kier molecular flexibility index (Phi) is 5.00. The molecule has 0 unspecified atom stereocenters. The predicted molar refractivity (Wildman–Crippen MR) is 105 cm³/mol. The zero-order chi connectivity index (χ0) is 19.7. The van der Waals surface area contributed by atoms with Crippen molar-refractivity contribution in [1.82, 2.24) is 15.2 Å². The van der Waals surface area contributed by atoms with Gasteiger partial charge in [0, 0.05) is 42.7 Å². The fraction of sp³-hybridized carbons (Fsp3) is 0.381. The van der Waals surface area contributed by atoms with Crippen molar-refractivity contribution in [2.75, 3.05) is 24.6 Å². The van der Waals surface area contributed by atoms with Crippen LogP contribution in [-0.4, -0.2) is 58.7 Å². The SMILES string of the molecule is CCCNC(=O)N1[C@H](CO)[C@@H]2c3ccccc3N(C(=O)c3ccncc3)C[C@@H]21. The first kappa shape index (κ1) is 18.4. The summed E-state index contributed by atoms with van der Waals surface area (Å²) in [6.45, 7) is 2.88. The van der Waals surface area contributed by atoms with Crippen LogP contribution in [0.1, 0.15) is 35.2 Å². The Balaban J connectivity index is 1.68. The minimum atomic E-state index is -0.277. The minimum Gasteiger partial charge on any atom is -0.394 e. The van der Waals surface area contributed by atoms with Gasteiger partial charge in [-0.3, -0.25) is 9.78 Å². The van der Waals surface area contributed by atoms with Gasteiger partial charge in [-0.25, -0.2) is 4.79 Å². The fourth-order valence-electron chi connectivity index (χ4n) is 4.33. The summed E-state index contributed by atoms with van der Waals surface area (Å²) >= 11 is 0. The number of anilines is 1. The number of carbonyl (C=O) groups excluding carboxylic acids is 2. The average molecular weight is 380 g/mol. The number of fused-ring (bicyclic) bond motifs is 3. The van der Waals surface area contributed by atoms with Crippen molar-refractivity contribution in [3.05, 3.63) is 59.9 Å². The van der Waals surface area contributed by atoms with Gasteiger partial charge in [0.15, 0.2) is 0 Å². The van der Waals surface area contributed by atoms with E-state index in [9.17, 15) is 14.7 Å². The van der Waals surface area contributed by atoms with E-state index in [2.05, 4.69) is 10.3 Å². The van der Waals surface area contributed by atoms with E-state index in [-0.39, 0.29) is 36.5 Å². The van der Waals surface area contributed by atoms with Gasteiger partial charge in [0.25, 0.3) is 5.91 Å². The van der Waals surface area contributed by atoms with E-state index >= 15 is 0 Å². The number of aromatic nitrogens is 1. The summed E-state index contributed by atoms with van der Waals surface area (Å²) in [4.78, 5) is 33.2. The highest BCUT2D eigenvalue weighted by atomic mass is 16.3. The Morgan fingerprint density at radius 1 is 1.21 bits per heavy atom. The van der Waals surface area contributed by atoms with E-state index in [1.54, 1.807) is 34.3 Å². The molecule has 0 spiro atoms. The molecular formula is C21H24N4O3. The van der Waals surface area contributed by atoms with Gasteiger partial charge < -0.3 is 20.2 Å². The van der Waals surface area contributed by atoms with E-state index in [0.29, 0.717) is 18.7 Å². The molecule has 1 aromatic heterocycles. The van der Waals surface area contributed by atoms with Gasteiger partial charge in [-0.1, -0.05) is 25.1 Å². The van der Waals surface area contributed by atoms with Crippen LogP contribution in [0.3, 0.4) is 0 Å². The number of hydrogen-bond acceptors (Lipinski definition) is 4. The predicted octanol–water partition coefficient (Wildman–Crippen LogP) is 1.99. The van der Waals surface area contributed by atoms with Crippen LogP contribution in [0.25, 0.3) is 0 Å². The second-order valence-electron chi connectivity index (χ2n) is 7.19. The molecule has 2 aliphatic rings. The Bertz CT molecular complexity index is 873. The third kappa shape index (κ3) is 2.92. The van der Waals surface area contributed by atoms with Crippen molar-refractivity contribution in [3.63, 3.8) is 0 Å². The molecule has 2 aliphatic heterocycles. The van der Waals surface area contributed by atoms with Crippen LogP contribution in [0.5, 0.6) is 0 Å². The first-order chi connectivity index (χ1) is 13.7. The second kappa shape index (κ2) is 7.59. The standard InChI is InChI=1S/C21H24N4O3/c1-2-9-23-21(28)25-17-12-24(20(27)14-7-10-22-11-8-14)16-6-4-3-5-15(16)19(17)18(25)13-26/h3-8,10-11,17-19,26H,2,9,12-13H2,1H3,(H,23,28)/t17-,18+,19+/m0/s1. The molecule has 0 radical (unpaired) electrons. The molecule has 2 N–H and O–H groups in total. The monoisotopic (exact) mass is 380 g/mol. The van der Waals surface area contributed by atoms with Gasteiger partial charge in [-0.2, -0.15) is 0 Å². The Morgan fingerprint density at radius 3 is 2.68 bits per heavy atom. The highest BCUT2D eigenvalue weighted by Crippen LogP contribution is 2.48. The van der Waals surface area contributed by atoms with Gasteiger partial charge >= 0.3 is 6.03 Å². The van der Waals surface area contributed by atoms with Crippen LogP contribution < -0.4 is 10.2 Å². The zero-order valence-corrected chi connectivity index (χ0v) is 15.8. The normalized spacial score (nSPS) is 22.7. The van der Waals surface area contributed by atoms with Crippen LogP contribution in [0, 0.1) is 0 Å². The second-order valence-corrected chi connectivity index (χ2v) is 7.19. The summed E-state index contributed by atoms with van der Waals surface area (Å²) in [7, 11) is 0. The first-order valence-electron chi connectivity index (χ1n) is 9.65. The molecule has 0 aliphatic carbocycles. The highest BCUT2D eigenvalue weighted by Gasteiger charge is 2.55. The number of urea groups is 1. The number of pyridine rings is 1. The summed E-state index contributed by atoms with van der Waals surface area (Å²) in [5.74, 6) is -0.0928. The molecular weight excluding hydrogens is 356 g/mol. The molecule has 3 heterocycles. The molecule has 2 aromatic rings. The van der Waals surface area contributed by atoms with Crippen molar-refractivity contribution >= 4 is 17.6 Å². The van der Waals surface area contributed by atoms with Crippen LogP contribution in [0.15, 0.2) is 48.8 Å². The largest absolute Gasteiger partial charge is 0.394 e.